The van der Waals surface area contributed by atoms with Crippen LogP contribution in [0.15, 0.2) is 84.4 Å². The molecule has 0 fully saturated rings. The quantitative estimate of drug-likeness (QED) is 0.315. The van der Waals surface area contributed by atoms with Crippen molar-refractivity contribution in [2.24, 2.45) is 0 Å². The van der Waals surface area contributed by atoms with Crippen LogP contribution in [0.3, 0.4) is 0 Å². The number of nitrogens with one attached hydrogen (secondary N) is 2. The fraction of sp³-hybridized carbons (Fsp3) is 0.179. The molecule has 184 valence electrons. The first kappa shape index (κ1) is 25.1. The lowest BCUT2D eigenvalue weighted by molar-refractivity contribution is -0.117. The molecule has 36 heavy (non-hydrogen) atoms. The molecule has 4 rings (SSSR count). The minimum atomic E-state index is -0.204. The van der Waals surface area contributed by atoms with Gasteiger partial charge in [-0.1, -0.05) is 48.5 Å². The molecule has 7 nitrogen and oxygen atoms in total. The molecule has 8 heteroatoms. The van der Waals surface area contributed by atoms with Gasteiger partial charge < -0.3 is 15.5 Å². The highest BCUT2D eigenvalue weighted by Gasteiger charge is 2.11. The van der Waals surface area contributed by atoms with E-state index in [-0.39, 0.29) is 11.8 Å². The second kappa shape index (κ2) is 12.1. The molecule has 0 aliphatic rings. The Bertz CT molecular complexity index is 1330. The van der Waals surface area contributed by atoms with E-state index in [9.17, 15) is 9.59 Å². The predicted molar refractivity (Wildman–Crippen MR) is 146 cm³/mol. The molecule has 0 atom stereocenters. The van der Waals surface area contributed by atoms with Gasteiger partial charge >= 0.3 is 0 Å². The molecular weight excluding hydrogens is 470 g/mol. The molecule has 2 aromatic carbocycles. The standard InChI is InChI=1S/C28H29N5O2S/c1-32(2)20-27(35)30-24-11-6-10-22(16-24)17-29-26(34)14-13-23-19-33(18-21-8-4-3-5-9-21)31-28(23)25-12-7-15-36-25/h3-16,19H,17-18,20H2,1-2H3,(H,29,34)(H,30,35)/b14-13+. The Labute approximate surface area is 215 Å². The Balaban J connectivity index is 1.40. The zero-order chi connectivity index (χ0) is 25.3. The number of thiophene rings is 1. The molecule has 0 saturated heterocycles. The first-order chi connectivity index (χ1) is 17.5. The highest BCUT2D eigenvalue weighted by Crippen LogP contribution is 2.27. The van der Waals surface area contributed by atoms with Crippen LogP contribution < -0.4 is 10.6 Å². The van der Waals surface area contributed by atoms with Crippen LogP contribution in [0, 0.1) is 0 Å². The first-order valence-electron chi connectivity index (χ1n) is 11.6. The summed E-state index contributed by atoms with van der Waals surface area (Å²) in [4.78, 5) is 27.4. The molecule has 0 saturated carbocycles. The van der Waals surface area contributed by atoms with Gasteiger partial charge in [0, 0.05) is 30.1 Å². The summed E-state index contributed by atoms with van der Waals surface area (Å²) in [6, 6.07) is 21.6. The van der Waals surface area contributed by atoms with E-state index in [1.165, 1.54) is 6.08 Å². The summed E-state index contributed by atoms with van der Waals surface area (Å²) in [6.07, 6.45) is 5.30. The van der Waals surface area contributed by atoms with Crippen molar-refractivity contribution >= 4 is 34.9 Å². The second-order valence-corrected chi connectivity index (χ2v) is 9.58. The fourth-order valence-corrected chi connectivity index (χ4v) is 4.41. The van der Waals surface area contributed by atoms with Crippen LogP contribution in [0.25, 0.3) is 16.6 Å². The van der Waals surface area contributed by atoms with Crippen LogP contribution in [0.4, 0.5) is 5.69 Å². The van der Waals surface area contributed by atoms with Gasteiger partial charge in [-0.3, -0.25) is 14.3 Å². The van der Waals surface area contributed by atoms with Gasteiger partial charge in [-0.2, -0.15) is 5.10 Å². The van der Waals surface area contributed by atoms with Crippen molar-refractivity contribution in [3.05, 3.63) is 101 Å². The van der Waals surface area contributed by atoms with Crippen LogP contribution >= 0.6 is 11.3 Å². The van der Waals surface area contributed by atoms with Gasteiger partial charge in [0.25, 0.3) is 0 Å². The lowest BCUT2D eigenvalue weighted by Crippen LogP contribution is -2.27. The topological polar surface area (TPSA) is 79.3 Å². The number of nitrogens with zero attached hydrogens (tertiary/aromatic N) is 3. The number of likely N-dealkylation sites (N-methyl/N-ethyl adjacent to an activating group) is 1. The summed E-state index contributed by atoms with van der Waals surface area (Å²) in [7, 11) is 3.69. The average Bonchev–Trinajstić information content (AvgIpc) is 3.52. The molecule has 2 heterocycles. The molecule has 0 unspecified atom stereocenters. The third-order valence-electron chi connectivity index (χ3n) is 5.28. The summed E-state index contributed by atoms with van der Waals surface area (Å²) in [5.41, 5.74) is 4.50. The van der Waals surface area contributed by atoms with Crippen molar-refractivity contribution in [1.29, 1.82) is 0 Å². The third-order valence-corrected chi connectivity index (χ3v) is 6.16. The maximum absolute atomic E-state index is 12.6. The Hall–Kier alpha value is -4.01. The van der Waals surface area contributed by atoms with Crippen LogP contribution in [-0.2, 0) is 22.7 Å². The van der Waals surface area contributed by atoms with E-state index in [2.05, 4.69) is 22.8 Å². The number of carbonyl (C=O) groups is 2. The highest BCUT2D eigenvalue weighted by molar-refractivity contribution is 7.13. The summed E-state index contributed by atoms with van der Waals surface area (Å²) in [5, 5.41) is 12.6. The lowest BCUT2D eigenvalue weighted by atomic mass is 10.2. The molecule has 2 N–H and O–H groups in total. The molecule has 0 radical (unpaired) electrons. The molecule has 2 aromatic heterocycles. The number of aromatic nitrogens is 2. The van der Waals surface area contributed by atoms with Crippen molar-refractivity contribution in [3.63, 3.8) is 0 Å². The monoisotopic (exact) mass is 499 g/mol. The molecule has 4 aromatic rings. The maximum atomic E-state index is 12.6. The number of hydrogen-bond donors (Lipinski definition) is 2. The number of amides is 2. The summed E-state index contributed by atoms with van der Waals surface area (Å²) >= 11 is 1.62. The van der Waals surface area contributed by atoms with E-state index in [1.807, 2.05) is 85.0 Å². The van der Waals surface area contributed by atoms with Gasteiger partial charge in [-0.25, -0.2) is 0 Å². The van der Waals surface area contributed by atoms with Gasteiger partial charge in [0.15, 0.2) is 0 Å². The van der Waals surface area contributed by atoms with Crippen molar-refractivity contribution in [3.8, 4) is 10.6 Å². The SMILES string of the molecule is CN(C)CC(=O)Nc1cccc(CNC(=O)/C=C/c2cn(Cc3ccccc3)nc2-c2cccs2)c1. The van der Waals surface area contributed by atoms with E-state index in [0.29, 0.717) is 25.3 Å². The summed E-state index contributed by atoms with van der Waals surface area (Å²) < 4.78 is 1.90. The number of rotatable bonds is 10. The predicted octanol–water partition coefficient (Wildman–Crippen LogP) is 4.49. The van der Waals surface area contributed by atoms with Crippen molar-refractivity contribution in [2.75, 3.05) is 26.0 Å². The van der Waals surface area contributed by atoms with Crippen LogP contribution in [-0.4, -0.2) is 47.1 Å². The van der Waals surface area contributed by atoms with Gasteiger partial charge in [0.05, 0.1) is 18.0 Å². The number of benzene rings is 2. The Kier molecular flexibility index (Phi) is 8.44. The summed E-state index contributed by atoms with van der Waals surface area (Å²) in [5.74, 6) is -0.288. The molecule has 2 amide bonds. The van der Waals surface area contributed by atoms with E-state index in [1.54, 1.807) is 22.3 Å². The lowest BCUT2D eigenvalue weighted by Gasteiger charge is -2.11. The van der Waals surface area contributed by atoms with Crippen LogP contribution in [0.2, 0.25) is 0 Å². The van der Waals surface area contributed by atoms with Gasteiger partial charge in [0.2, 0.25) is 11.8 Å². The van der Waals surface area contributed by atoms with Crippen LogP contribution in [0.1, 0.15) is 16.7 Å². The van der Waals surface area contributed by atoms with Crippen molar-refractivity contribution < 1.29 is 9.59 Å². The molecule has 0 aliphatic heterocycles. The van der Waals surface area contributed by atoms with E-state index in [0.717, 1.165) is 27.3 Å². The van der Waals surface area contributed by atoms with E-state index in [4.69, 9.17) is 5.10 Å². The zero-order valence-corrected chi connectivity index (χ0v) is 21.2. The minimum absolute atomic E-state index is 0.0847. The van der Waals surface area contributed by atoms with Crippen molar-refractivity contribution in [2.45, 2.75) is 13.1 Å². The van der Waals surface area contributed by atoms with Crippen molar-refractivity contribution in [1.82, 2.24) is 20.0 Å². The van der Waals surface area contributed by atoms with Gasteiger partial charge in [-0.05, 0) is 54.9 Å². The Morgan fingerprint density at radius 3 is 2.58 bits per heavy atom. The normalized spacial score (nSPS) is 11.2. The summed E-state index contributed by atoms with van der Waals surface area (Å²) in [6.45, 7) is 1.31. The molecular formula is C28H29N5O2S. The Morgan fingerprint density at radius 2 is 1.83 bits per heavy atom. The first-order valence-corrected chi connectivity index (χ1v) is 12.5. The smallest absolute Gasteiger partial charge is 0.244 e. The Morgan fingerprint density at radius 1 is 1.03 bits per heavy atom. The number of anilines is 1. The molecule has 0 aliphatic carbocycles. The van der Waals surface area contributed by atoms with Gasteiger partial charge in [-0.15, -0.1) is 11.3 Å². The second-order valence-electron chi connectivity index (χ2n) is 8.63. The fourth-order valence-electron chi connectivity index (χ4n) is 3.68. The molecule has 0 spiro atoms. The maximum Gasteiger partial charge on any atom is 0.244 e. The zero-order valence-electron chi connectivity index (χ0n) is 20.3. The largest absolute Gasteiger partial charge is 0.348 e. The molecule has 0 bridgehead atoms. The minimum Gasteiger partial charge on any atom is -0.348 e. The number of hydrogen-bond acceptors (Lipinski definition) is 5. The van der Waals surface area contributed by atoms with E-state index < -0.39 is 0 Å². The highest BCUT2D eigenvalue weighted by atomic mass is 32.1. The number of carbonyl (C=O) groups excluding carboxylic acids is 2. The van der Waals surface area contributed by atoms with E-state index >= 15 is 0 Å². The van der Waals surface area contributed by atoms with Crippen LogP contribution in [0.5, 0.6) is 0 Å². The third kappa shape index (κ3) is 7.24. The average molecular weight is 500 g/mol. The van der Waals surface area contributed by atoms with Gasteiger partial charge in [0.1, 0.15) is 5.69 Å².